The molecule has 0 radical (unpaired) electrons. The van der Waals surface area contributed by atoms with Crippen LogP contribution in [0.25, 0.3) is 0 Å². The van der Waals surface area contributed by atoms with Gasteiger partial charge in [0.05, 0.1) is 10.5 Å². The molecule has 4 rings (SSSR count). The summed E-state index contributed by atoms with van der Waals surface area (Å²) in [6.07, 6.45) is 2.93. The molecule has 0 unspecified atom stereocenters. The molecule has 9 heteroatoms. The monoisotopic (exact) mass is 385 g/mol. The summed E-state index contributed by atoms with van der Waals surface area (Å²) in [7, 11) is 0. The second-order valence-corrected chi connectivity index (χ2v) is 8.32. The molecule has 0 fully saturated rings. The van der Waals surface area contributed by atoms with E-state index in [2.05, 4.69) is 15.4 Å². The van der Waals surface area contributed by atoms with Crippen LogP contribution in [0.4, 0.5) is 11.6 Å². The van der Waals surface area contributed by atoms with Crippen LogP contribution in [0.1, 0.15) is 38.3 Å². The van der Waals surface area contributed by atoms with Crippen LogP contribution in [0.5, 0.6) is 0 Å². The van der Waals surface area contributed by atoms with Crippen LogP contribution in [0, 0.1) is 15.5 Å². The fraction of sp³-hybridized carbons (Fsp3) is 0.389. The Morgan fingerprint density at radius 1 is 1.33 bits per heavy atom. The fourth-order valence-corrected chi connectivity index (χ4v) is 4.20. The van der Waals surface area contributed by atoms with Gasteiger partial charge in [0.2, 0.25) is 11.1 Å². The number of para-hydroxylation sites is 1. The number of anilines is 1. The van der Waals surface area contributed by atoms with Gasteiger partial charge in [-0.2, -0.15) is 4.98 Å². The number of fused-ring (bicyclic) bond motifs is 1. The van der Waals surface area contributed by atoms with Gasteiger partial charge in [0, 0.05) is 23.8 Å². The highest BCUT2D eigenvalue weighted by Crippen LogP contribution is 2.46. The van der Waals surface area contributed by atoms with E-state index in [1.165, 1.54) is 17.8 Å². The predicted octanol–water partition coefficient (Wildman–Crippen LogP) is 3.57. The molecule has 1 aliphatic carbocycles. The van der Waals surface area contributed by atoms with Crippen LogP contribution in [0.15, 0.2) is 40.7 Å². The number of Topliss-reactive ketones (excluding diaryl/α,β-unsaturated/α-hetero) is 1. The van der Waals surface area contributed by atoms with Gasteiger partial charge in [-0.1, -0.05) is 37.7 Å². The molecule has 1 atom stereocenters. The topological polar surface area (TPSA) is 103 Å². The van der Waals surface area contributed by atoms with Gasteiger partial charge in [-0.3, -0.25) is 14.9 Å². The lowest BCUT2D eigenvalue weighted by Gasteiger charge is -2.38. The Kier molecular flexibility index (Phi) is 4.06. The number of nitro benzene ring substituents is 1. The van der Waals surface area contributed by atoms with Crippen molar-refractivity contribution in [3.8, 4) is 0 Å². The highest BCUT2D eigenvalue weighted by molar-refractivity contribution is 7.98. The molecule has 1 aromatic carbocycles. The lowest BCUT2D eigenvalue weighted by atomic mass is 9.73. The van der Waals surface area contributed by atoms with Gasteiger partial charge in [0.15, 0.2) is 5.78 Å². The highest BCUT2D eigenvalue weighted by atomic mass is 32.2. The first-order valence-corrected chi connectivity index (χ1v) is 9.80. The minimum absolute atomic E-state index is 0.0104. The Balaban J connectivity index is 1.97. The number of rotatable bonds is 3. The molecule has 2 aliphatic rings. The van der Waals surface area contributed by atoms with Crippen LogP contribution >= 0.6 is 11.8 Å². The number of hydrogen-bond donors (Lipinski definition) is 1. The lowest BCUT2D eigenvalue weighted by molar-refractivity contribution is -0.385. The first-order chi connectivity index (χ1) is 12.8. The fourth-order valence-electron chi connectivity index (χ4n) is 3.85. The average Bonchev–Trinajstić information content (AvgIpc) is 3.01. The maximum absolute atomic E-state index is 13.1. The Morgan fingerprint density at radius 3 is 2.78 bits per heavy atom. The summed E-state index contributed by atoms with van der Waals surface area (Å²) in [5.41, 5.74) is 1.57. The lowest BCUT2D eigenvalue weighted by Crippen LogP contribution is -2.36. The van der Waals surface area contributed by atoms with E-state index >= 15 is 0 Å². The summed E-state index contributed by atoms with van der Waals surface area (Å²) >= 11 is 1.38. The quantitative estimate of drug-likeness (QED) is 0.489. The summed E-state index contributed by atoms with van der Waals surface area (Å²) in [5.74, 6) is 0.496. The molecule has 0 amide bonds. The molecule has 8 nitrogen and oxygen atoms in total. The third-order valence-corrected chi connectivity index (χ3v) is 5.46. The van der Waals surface area contributed by atoms with Crippen molar-refractivity contribution in [3.63, 3.8) is 0 Å². The van der Waals surface area contributed by atoms with Gasteiger partial charge in [0.1, 0.15) is 6.04 Å². The molecular formula is C18H19N5O3S. The number of aromatic nitrogens is 3. The highest BCUT2D eigenvalue weighted by Gasteiger charge is 2.43. The molecule has 2 aromatic rings. The Hall–Kier alpha value is -2.68. The van der Waals surface area contributed by atoms with Crippen molar-refractivity contribution in [1.82, 2.24) is 14.8 Å². The zero-order chi connectivity index (χ0) is 19.3. The molecular weight excluding hydrogens is 366 g/mol. The van der Waals surface area contributed by atoms with Gasteiger partial charge < -0.3 is 5.32 Å². The van der Waals surface area contributed by atoms with E-state index in [-0.39, 0.29) is 16.9 Å². The van der Waals surface area contributed by atoms with Crippen LogP contribution in [-0.2, 0) is 4.79 Å². The number of thioether (sulfide) groups is 1. The van der Waals surface area contributed by atoms with Crippen molar-refractivity contribution >= 4 is 29.2 Å². The van der Waals surface area contributed by atoms with Gasteiger partial charge >= 0.3 is 0 Å². The molecule has 1 aromatic heterocycles. The van der Waals surface area contributed by atoms with Crippen molar-refractivity contribution in [2.45, 2.75) is 37.9 Å². The second-order valence-electron chi connectivity index (χ2n) is 7.54. The number of carbonyl (C=O) groups excluding carboxylic acids is 1. The Bertz CT molecular complexity index is 995. The number of nitrogens with zero attached hydrogens (tertiary/aromatic N) is 4. The molecule has 1 aliphatic heterocycles. The molecule has 0 saturated heterocycles. The number of benzene rings is 1. The Labute approximate surface area is 160 Å². The normalized spacial score (nSPS) is 20.7. The van der Waals surface area contributed by atoms with Gasteiger partial charge in [-0.25, -0.2) is 4.68 Å². The third-order valence-electron chi connectivity index (χ3n) is 4.92. The van der Waals surface area contributed by atoms with Crippen LogP contribution in [0.2, 0.25) is 0 Å². The van der Waals surface area contributed by atoms with E-state index in [0.717, 1.165) is 5.70 Å². The molecule has 0 bridgehead atoms. The number of nitro groups is 1. The second kappa shape index (κ2) is 6.19. The molecule has 27 heavy (non-hydrogen) atoms. The number of ketones is 1. The summed E-state index contributed by atoms with van der Waals surface area (Å²) in [6, 6.07) is 5.86. The first kappa shape index (κ1) is 17.7. The van der Waals surface area contributed by atoms with E-state index in [9.17, 15) is 14.9 Å². The van der Waals surface area contributed by atoms with E-state index < -0.39 is 11.0 Å². The molecule has 1 N–H and O–H groups in total. The number of carbonyl (C=O) groups is 1. The van der Waals surface area contributed by atoms with Gasteiger partial charge in [-0.05, 0) is 24.2 Å². The van der Waals surface area contributed by atoms with E-state index in [1.54, 1.807) is 22.9 Å². The number of allylic oxidation sites excluding steroid dienone is 2. The Morgan fingerprint density at radius 2 is 2.07 bits per heavy atom. The third kappa shape index (κ3) is 2.91. The predicted molar refractivity (Wildman–Crippen MR) is 102 cm³/mol. The summed E-state index contributed by atoms with van der Waals surface area (Å²) < 4.78 is 1.60. The molecule has 0 spiro atoms. The summed E-state index contributed by atoms with van der Waals surface area (Å²) in [4.78, 5) is 28.7. The number of nitrogens with one attached hydrogen (secondary N) is 1. The van der Waals surface area contributed by atoms with Gasteiger partial charge in [-0.15, -0.1) is 5.10 Å². The van der Waals surface area contributed by atoms with E-state index in [1.807, 2.05) is 20.1 Å². The van der Waals surface area contributed by atoms with E-state index in [0.29, 0.717) is 35.1 Å². The largest absolute Gasteiger partial charge is 0.328 e. The molecule has 140 valence electrons. The SMILES string of the molecule is CSc1nc2n(n1)[C@@H](c1ccccc1[N+](=O)[O-])C1=C(CC(C)(C)CC1=O)N2. The number of hydrogen-bond acceptors (Lipinski definition) is 7. The maximum atomic E-state index is 13.1. The maximum Gasteiger partial charge on any atom is 0.275 e. The van der Waals surface area contributed by atoms with Gasteiger partial charge in [0.25, 0.3) is 5.69 Å². The van der Waals surface area contributed by atoms with Crippen molar-refractivity contribution in [2.75, 3.05) is 11.6 Å². The van der Waals surface area contributed by atoms with Crippen molar-refractivity contribution < 1.29 is 9.72 Å². The van der Waals surface area contributed by atoms with Crippen LogP contribution < -0.4 is 5.32 Å². The zero-order valence-electron chi connectivity index (χ0n) is 15.2. The zero-order valence-corrected chi connectivity index (χ0v) is 16.0. The minimum atomic E-state index is -0.658. The summed E-state index contributed by atoms with van der Waals surface area (Å²) in [6.45, 7) is 4.09. The minimum Gasteiger partial charge on any atom is -0.328 e. The average molecular weight is 385 g/mol. The summed E-state index contributed by atoms with van der Waals surface area (Å²) in [5, 5.41) is 19.9. The van der Waals surface area contributed by atoms with E-state index in [4.69, 9.17) is 0 Å². The van der Waals surface area contributed by atoms with Crippen LogP contribution in [-0.4, -0.2) is 31.7 Å². The molecule has 0 saturated carbocycles. The van der Waals surface area contributed by atoms with Crippen molar-refractivity contribution in [1.29, 1.82) is 0 Å². The van der Waals surface area contributed by atoms with Crippen molar-refractivity contribution in [2.24, 2.45) is 5.41 Å². The smallest absolute Gasteiger partial charge is 0.275 e. The van der Waals surface area contributed by atoms with Crippen LogP contribution in [0.3, 0.4) is 0 Å². The van der Waals surface area contributed by atoms with Crippen molar-refractivity contribution in [3.05, 3.63) is 51.2 Å². The first-order valence-electron chi connectivity index (χ1n) is 8.58. The molecule has 2 heterocycles. The standard InChI is InChI=1S/C18H19N5O3S/c1-18(2)8-11-14(13(24)9-18)15(10-6-4-5-7-12(10)23(25)26)22-16(19-11)20-17(21-22)27-3/h4-7,15H,8-9H2,1-3H3,(H,19,20,21)/t15-/m0/s1.